The van der Waals surface area contributed by atoms with Crippen molar-refractivity contribution in [3.63, 3.8) is 0 Å². The Morgan fingerprint density at radius 2 is 2.18 bits per heavy atom. The Hall–Kier alpha value is -2.61. The third kappa shape index (κ3) is 4.74. The van der Waals surface area contributed by atoms with Gasteiger partial charge in [-0.15, -0.1) is 5.10 Å². The zero-order valence-corrected chi connectivity index (χ0v) is 12.5. The fourth-order valence-corrected chi connectivity index (χ4v) is 1.79. The van der Waals surface area contributed by atoms with E-state index in [1.807, 2.05) is 0 Å². The molecule has 9 heteroatoms. The number of nitrogens with zero attached hydrogens (tertiary/aromatic N) is 3. The summed E-state index contributed by atoms with van der Waals surface area (Å²) in [6.45, 7) is 1.84. The second kappa shape index (κ2) is 7.41. The fourth-order valence-electron chi connectivity index (χ4n) is 1.60. The molecule has 0 atom stereocenters. The number of nitrogens with one attached hydrogen (secondary N) is 2. The second-order valence-corrected chi connectivity index (χ2v) is 4.60. The van der Waals surface area contributed by atoms with Gasteiger partial charge >= 0.3 is 6.09 Å². The van der Waals surface area contributed by atoms with E-state index in [0.717, 1.165) is 4.80 Å². The molecule has 2 aromatic rings. The first-order valence-corrected chi connectivity index (χ1v) is 6.84. The standard InChI is InChI=1S/C13H14ClN5O3/c1-2-22-13(21)17-11-7-15-19(18-11)8-12(20)16-10-5-3-4-9(14)6-10/h3-7H,2,8H2,1H3,(H,16,20)(H,17,18,21). The minimum absolute atomic E-state index is 0.100. The smallest absolute Gasteiger partial charge is 0.412 e. The summed E-state index contributed by atoms with van der Waals surface area (Å²) >= 11 is 5.83. The highest BCUT2D eigenvalue weighted by Gasteiger charge is 2.09. The van der Waals surface area contributed by atoms with Crippen molar-refractivity contribution in [2.75, 3.05) is 17.2 Å². The monoisotopic (exact) mass is 323 g/mol. The summed E-state index contributed by atoms with van der Waals surface area (Å²) in [6.07, 6.45) is 0.696. The van der Waals surface area contributed by atoms with Crippen molar-refractivity contribution in [1.29, 1.82) is 0 Å². The van der Waals surface area contributed by atoms with Gasteiger partial charge in [0.25, 0.3) is 0 Å². The van der Waals surface area contributed by atoms with E-state index < -0.39 is 6.09 Å². The van der Waals surface area contributed by atoms with Gasteiger partial charge in [-0.3, -0.25) is 10.1 Å². The van der Waals surface area contributed by atoms with Crippen molar-refractivity contribution >= 4 is 35.1 Å². The molecule has 8 nitrogen and oxygen atoms in total. The predicted octanol–water partition coefficient (Wildman–Crippen LogP) is 2.14. The molecule has 0 unspecified atom stereocenters. The van der Waals surface area contributed by atoms with Gasteiger partial charge < -0.3 is 10.1 Å². The van der Waals surface area contributed by atoms with E-state index in [4.69, 9.17) is 16.3 Å². The van der Waals surface area contributed by atoms with Gasteiger partial charge in [-0.1, -0.05) is 17.7 Å². The molecule has 2 N–H and O–H groups in total. The quantitative estimate of drug-likeness (QED) is 0.878. The summed E-state index contributed by atoms with van der Waals surface area (Å²) in [5, 5.41) is 13.4. The molecule has 0 aliphatic heterocycles. The highest BCUT2D eigenvalue weighted by atomic mass is 35.5. The molecule has 2 amide bonds. The van der Waals surface area contributed by atoms with Crippen molar-refractivity contribution < 1.29 is 14.3 Å². The maximum absolute atomic E-state index is 11.9. The molecule has 2 rings (SSSR count). The van der Waals surface area contributed by atoms with Gasteiger partial charge in [0.05, 0.1) is 12.8 Å². The number of anilines is 2. The number of amides is 2. The van der Waals surface area contributed by atoms with E-state index in [0.29, 0.717) is 10.7 Å². The van der Waals surface area contributed by atoms with Crippen molar-refractivity contribution in [3.8, 4) is 0 Å². The first kappa shape index (κ1) is 15.8. The predicted molar refractivity (Wildman–Crippen MR) is 80.7 cm³/mol. The lowest BCUT2D eigenvalue weighted by Gasteiger charge is -2.05. The number of halogens is 1. The summed E-state index contributed by atoms with van der Waals surface area (Å²) in [6, 6.07) is 6.78. The largest absolute Gasteiger partial charge is 0.450 e. The normalized spacial score (nSPS) is 10.1. The van der Waals surface area contributed by atoms with Gasteiger partial charge in [-0.25, -0.2) is 4.79 Å². The van der Waals surface area contributed by atoms with Crippen molar-refractivity contribution in [3.05, 3.63) is 35.5 Å². The molecule has 22 heavy (non-hydrogen) atoms. The van der Waals surface area contributed by atoms with Crippen LogP contribution in [-0.2, 0) is 16.1 Å². The Bertz CT molecular complexity index is 673. The van der Waals surface area contributed by atoms with Crippen molar-refractivity contribution in [1.82, 2.24) is 15.0 Å². The van der Waals surface area contributed by atoms with Crippen LogP contribution >= 0.6 is 11.6 Å². The molecule has 0 fully saturated rings. The average Bonchev–Trinajstić information content (AvgIpc) is 2.85. The van der Waals surface area contributed by atoms with E-state index in [1.165, 1.54) is 6.20 Å². The van der Waals surface area contributed by atoms with Gasteiger partial charge in [-0.05, 0) is 25.1 Å². The average molecular weight is 324 g/mol. The van der Waals surface area contributed by atoms with Crippen LogP contribution in [0, 0.1) is 0 Å². The molecule has 0 saturated heterocycles. The molecule has 0 saturated carbocycles. The Morgan fingerprint density at radius 3 is 2.91 bits per heavy atom. The number of benzene rings is 1. The van der Waals surface area contributed by atoms with Gasteiger partial charge in [-0.2, -0.15) is 9.90 Å². The molecule has 1 aromatic carbocycles. The number of carbonyl (C=O) groups is 2. The topological polar surface area (TPSA) is 98.1 Å². The van der Waals surface area contributed by atoms with Crippen molar-refractivity contribution in [2.24, 2.45) is 0 Å². The molecular formula is C13H14ClN5O3. The zero-order chi connectivity index (χ0) is 15.9. The van der Waals surface area contributed by atoms with E-state index in [9.17, 15) is 9.59 Å². The van der Waals surface area contributed by atoms with E-state index in [1.54, 1.807) is 31.2 Å². The Balaban J connectivity index is 1.89. The lowest BCUT2D eigenvalue weighted by atomic mass is 10.3. The van der Waals surface area contributed by atoms with Crippen LogP contribution in [-0.4, -0.2) is 33.6 Å². The van der Waals surface area contributed by atoms with Gasteiger partial charge in [0, 0.05) is 10.7 Å². The second-order valence-electron chi connectivity index (χ2n) is 4.16. The number of carbonyl (C=O) groups excluding carboxylic acids is 2. The first-order valence-electron chi connectivity index (χ1n) is 6.46. The molecule has 1 heterocycles. The van der Waals surface area contributed by atoms with Crippen LogP contribution in [0.5, 0.6) is 0 Å². The molecule has 0 spiro atoms. The Kier molecular flexibility index (Phi) is 5.31. The van der Waals surface area contributed by atoms with Crippen LogP contribution in [0.15, 0.2) is 30.5 Å². The molecule has 0 bridgehead atoms. The summed E-state index contributed by atoms with van der Waals surface area (Å²) in [5.41, 5.74) is 0.578. The highest BCUT2D eigenvalue weighted by Crippen LogP contribution is 2.14. The molecule has 0 radical (unpaired) electrons. The summed E-state index contributed by atoms with van der Waals surface area (Å²) in [7, 11) is 0. The molecule has 1 aromatic heterocycles. The van der Waals surface area contributed by atoms with Gasteiger partial charge in [0.1, 0.15) is 6.54 Å². The molecule has 0 aliphatic carbocycles. The minimum atomic E-state index is -0.627. The van der Waals surface area contributed by atoms with Gasteiger partial charge in [0.2, 0.25) is 5.91 Å². The lowest BCUT2D eigenvalue weighted by molar-refractivity contribution is -0.117. The molecule has 0 aliphatic rings. The van der Waals surface area contributed by atoms with Crippen LogP contribution in [0.25, 0.3) is 0 Å². The van der Waals surface area contributed by atoms with Crippen molar-refractivity contribution in [2.45, 2.75) is 13.5 Å². The summed E-state index contributed by atoms with van der Waals surface area (Å²) < 4.78 is 4.71. The van der Waals surface area contributed by atoms with Crippen LogP contribution in [0.4, 0.5) is 16.3 Å². The first-order chi connectivity index (χ1) is 10.6. The Morgan fingerprint density at radius 1 is 1.36 bits per heavy atom. The maximum atomic E-state index is 11.9. The molecule has 116 valence electrons. The number of hydrogen-bond donors (Lipinski definition) is 2. The highest BCUT2D eigenvalue weighted by molar-refractivity contribution is 6.30. The minimum Gasteiger partial charge on any atom is -0.450 e. The van der Waals surface area contributed by atoms with Crippen LogP contribution in [0.2, 0.25) is 5.02 Å². The third-order valence-electron chi connectivity index (χ3n) is 2.44. The number of aromatic nitrogens is 3. The van der Waals surface area contributed by atoms with Crippen LogP contribution in [0.1, 0.15) is 6.92 Å². The third-order valence-corrected chi connectivity index (χ3v) is 2.67. The lowest BCUT2D eigenvalue weighted by Crippen LogP contribution is -2.20. The number of hydrogen-bond acceptors (Lipinski definition) is 5. The van der Waals surface area contributed by atoms with Crippen LogP contribution < -0.4 is 10.6 Å². The van der Waals surface area contributed by atoms with Crippen LogP contribution in [0.3, 0.4) is 0 Å². The SMILES string of the molecule is CCOC(=O)Nc1cnn(CC(=O)Nc2cccc(Cl)c2)n1. The molecular weight excluding hydrogens is 310 g/mol. The van der Waals surface area contributed by atoms with Gasteiger partial charge in [0.15, 0.2) is 5.82 Å². The number of rotatable bonds is 5. The number of ether oxygens (including phenoxy) is 1. The van der Waals surface area contributed by atoms with E-state index in [-0.39, 0.29) is 24.9 Å². The van der Waals surface area contributed by atoms with E-state index >= 15 is 0 Å². The van der Waals surface area contributed by atoms with E-state index in [2.05, 4.69) is 20.8 Å². The zero-order valence-electron chi connectivity index (χ0n) is 11.7. The fraction of sp³-hybridized carbons (Fsp3) is 0.231. The Labute approximate surface area is 131 Å². The summed E-state index contributed by atoms with van der Waals surface area (Å²) in [5.74, 6) is -0.116. The summed E-state index contributed by atoms with van der Waals surface area (Å²) in [4.78, 5) is 24.2. The maximum Gasteiger partial charge on any atom is 0.412 e.